The molecule has 10 heteroatoms. The highest BCUT2D eigenvalue weighted by atomic mass is 16.6. The molecule has 0 bridgehead atoms. The minimum Gasteiger partial charge on any atom is -0.457 e. The van der Waals surface area contributed by atoms with Gasteiger partial charge in [0, 0.05) is 57.5 Å². The zero-order valence-electron chi connectivity index (χ0n) is 25.2. The molecule has 3 heterocycles. The van der Waals surface area contributed by atoms with E-state index >= 15 is 0 Å². The van der Waals surface area contributed by atoms with Gasteiger partial charge in [-0.3, -0.25) is 4.79 Å². The second-order valence-corrected chi connectivity index (χ2v) is 11.7. The van der Waals surface area contributed by atoms with Crippen molar-refractivity contribution in [2.45, 2.75) is 77.6 Å². The molecule has 230 valence electrons. The highest BCUT2D eigenvalue weighted by Gasteiger charge is 2.27. The molecule has 41 heavy (non-hydrogen) atoms. The van der Waals surface area contributed by atoms with Gasteiger partial charge in [-0.05, 0) is 51.3 Å². The number of cyclic esters (lactones) is 1. The van der Waals surface area contributed by atoms with E-state index in [0.29, 0.717) is 39.0 Å². The Labute approximate surface area is 245 Å². The number of carbonyl (C=O) groups is 3. The van der Waals surface area contributed by atoms with Crippen molar-refractivity contribution in [1.82, 2.24) is 14.7 Å². The summed E-state index contributed by atoms with van der Waals surface area (Å²) in [5, 5.41) is 9.60. The highest BCUT2D eigenvalue weighted by Crippen LogP contribution is 2.22. The van der Waals surface area contributed by atoms with Crippen LogP contribution in [0.15, 0.2) is 36.0 Å². The number of nitrogens with zero attached hydrogens (tertiary/aromatic N) is 3. The fraction of sp³-hybridized carbons (Fsp3) is 0.710. The van der Waals surface area contributed by atoms with Gasteiger partial charge in [0.05, 0.1) is 12.7 Å². The molecule has 5 atom stereocenters. The monoisotopic (exact) mass is 575 g/mol. The van der Waals surface area contributed by atoms with Crippen molar-refractivity contribution < 1.29 is 33.7 Å². The van der Waals surface area contributed by atoms with Gasteiger partial charge < -0.3 is 34.0 Å². The zero-order chi connectivity index (χ0) is 29.8. The number of likely N-dealkylation sites (N-methyl/N-ethyl adjacent to an activating group) is 1. The number of ether oxygens (including phenoxy) is 3. The maximum Gasteiger partial charge on any atom is 0.410 e. The van der Waals surface area contributed by atoms with Crippen molar-refractivity contribution in [2.75, 3.05) is 52.9 Å². The van der Waals surface area contributed by atoms with E-state index in [-0.39, 0.29) is 36.6 Å². The topological polar surface area (TPSA) is 109 Å². The summed E-state index contributed by atoms with van der Waals surface area (Å²) in [6.45, 7) is 9.97. The van der Waals surface area contributed by atoms with E-state index in [0.717, 1.165) is 44.3 Å². The first-order valence-corrected chi connectivity index (χ1v) is 15.1. The number of aliphatic hydroxyl groups is 1. The van der Waals surface area contributed by atoms with E-state index in [1.54, 1.807) is 4.90 Å². The lowest BCUT2D eigenvalue weighted by atomic mass is 9.95. The van der Waals surface area contributed by atoms with Gasteiger partial charge in [-0.25, -0.2) is 9.59 Å². The summed E-state index contributed by atoms with van der Waals surface area (Å²) < 4.78 is 17.2. The average Bonchev–Trinajstić information content (AvgIpc) is 3.38. The lowest BCUT2D eigenvalue weighted by Gasteiger charge is -2.32. The third kappa shape index (κ3) is 11.2. The van der Waals surface area contributed by atoms with E-state index < -0.39 is 18.3 Å². The molecule has 1 unspecified atom stereocenters. The summed E-state index contributed by atoms with van der Waals surface area (Å²) in [6, 6.07) is 0. The number of hydrogen-bond acceptors (Lipinski definition) is 8. The lowest BCUT2D eigenvalue weighted by Crippen LogP contribution is -2.47. The van der Waals surface area contributed by atoms with Crippen molar-refractivity contribution in [3.8, 4) is 0 Å². The molecular formula is C31H49N3O7. The second-order valence-electron chi connectivity index (χ2n) is 11.7. The maximum absolute atomic E-state index is 12.8. The van der Waals surface area contributed by atoms with Crippen LogP contribution in [0.5, 0.6) is 0 Å². The highest BCUT2D eigenvalue weighted by molar-refractivity contribution is 5.70. The molecule has 2 amide bonds. The van der Waals surface area contributed by atoms with Crippen LogP contribution in [-0.2, 0) is 19.0 Å². The minimum atomic E-state index is -0.474. The van der Waals surface area contributed by atoms with Crippen LogP contribution < -0.4 is 0 Å². The van der Waals surface area contributed by atoms with Gasteiger partial charge in [0.1, 0.15) is 12.2 Å². The van der Waals surface area contributed by atoms with E-state index in [2.05, 4.69) is 11.9 Å². The van der Waals surface area contributed by atoms with Crippen molar-refractivity contribution in [3.05, 3.63) is 36.0 Å². The van der Waals surface area contributed by atoms with Gasteiger partial charge in [-0.2, -0.15) is 0 Å². The fourth-order valence-corrected chi connectivity index (χ4v) is 5.14. The molecule has 2 fully saturated rings. The Hall–Kier alpha value is -2.85. The first kappa shape index (κ1) is 32.7. The van der Waals surface area contributed by atoms with E-state index in [1.807, 2.05) is 51.2 Å². The molecule has 10 nitrogen and oxygen atoms in total. The van der Waals surface area contributed by atoms with Gasteiger partial charge in [0.2, 0.25) is 0 Å². The molecule has 3 rings (SSSR count). The van der Waals surface area contributed by atoms with Crippen molar-refractivity contribution in [1.29, 1.82) is 0 Å². The first-order chi connectivity index (χ1) is 19.6. The van der Waals surface area contributed by atoms with Crippen LogP contribution in [0, 0.1) is 11.8 Å². The van der Waals surface area contributed by atoms with E-state index in [9.17, 15) is 19.5 Å². The number of aliphatic hydroxyl groups excluding tert-OH is 1. The standard InChI is InChI=1S/C31H49N3O7/c1-23(22-39-30(37)34-16-15-26(35)21-34)9-8-10-24(2)29-25(3)13-14-27(11-6-5-7-12-28(36)41-29)40-31(38)33-19-17-32(4)18-20-33/h8-10,13-14,23,25-27,29,35H,5-7,11-12,15-22H2,1-4H3/b9-8+,14-13+,24-10+/t23-,25+,26-,27?,29-/m1/s1. The van der Waals surface area contributed by atoms with Gasteiger partial charge in [-0.1, -0.05) is 44.6 Å². The Bertz CT molecular complexity index is 957. The summed E-state index contributed by atoms with van der Waals surface area (Å²) in [4.78, 5) is 43.0. The van der Waals surface area contributed by atoms with Crippen LogP contribution >= 0.6 is 0 Å². The molecule has 0 radical (unpaired) electrons. The molecule has 0 saturated carbocycles. The number of piperazine rings is 1. The van der Waals surface area contributed by atoms with Gasteiger partial charge in [0.15, 0.2) is 0 Å². The molecule has 0 aromatic rings. The number of hydrogen-bond donors (Lipinski definition) is 1. The zero-order valence-corrected chi connectivity index (χ0v) is 25.2. The molecular weight excluding hydrogens is 526 g/mol. The van der Waals surface area contributed by atoms with Crippen molar-refractivity contribution in [3.63, 3.8) is 0 Å². The third-order valence-electron chi connectivity index (χ3n) is 7.89. The molecule has 1 N–H and O–H groups in total. The predicted molar refractivity (Wildman–Crippen MR) is 156 cm³/mol. The number of rotatable bonds is 6. The Morgan fingerprint density at radius 2 is 1.83 bits per heavy atom. The Morgan fingerprint density at radius 3 is 2.54 bits per heavy atom. The summed E-state index contributed by atoms with van der Waals surface area (Å²) in [6.07, 6.45) is 11.9. The number of esters is 1. The molecule has 3 aliphatic rings. The number of allylic oxidation sites excluding steroid dienone is 2. The molecule has 2 saturated heterocycles. The summed E-state index contributed by atoms with van der Waals surface area (Å²) in [5.74, 6) is -0.345. The number of amides is 2. The van der Waals surface area contributed by atoms with E-state index in [4.69, 9.17) is 14.2 Å². The van der Waals surface area contributed by atoms with Gasteiger partial charge in [0.25, 0.3) is 0 Å². The summed E-state index contributed by atoms with van der Waals surface area (Å²) in [5.41, 5.74) is 0.894. The molecule has 0 aromatic heterocycles. The first-order valence-electron chi connectivity index (χ1n) is 15.1. The van der Waals surface area contributed by atoms with Gasteiger partial charge >= 0.3 is 18.2 Å². The SMILES string of the molecule is C/C(=C\C=C\[C@@H](C)COC(=O)N1CC[C@@H](O)C1)[C@H]1OC(=O)CCCCCC(OC(=O)N2CCN(C)CC2)/C=C/[C@@H]1C. The maximum atomic E-state index is 12.8. The normalized spacial score (nSPS) is 28.9. The van der Waals surface area contributed by atoms with E-state index in [1.165, 1.54) is 4.90 Å². The number of likely N-dealkylation sites (tertiary alicyclic amines) is 1. The molecule has 3 aliphatic heterocycles. The van der Waals surface area contributed by atoms with Gasteiger partial charge in [-0.15, -0.1) is 0 Å². The summed E-state index contributed by atoms with van der Waals surface area (Å²) in [7, 11) is 2.05. The van der Waals surface area contributed by atoms with Crippen LogP contribution in [0.3, 0.4) is 0 Å². The summed E-state index contributed by atoms with van der Waals surface area (Å²) >= 11 is 0. The lowest BCUT2D eigenvalue weighted by molar-refractivity contribution is -0.148. The minimum absolute atomic E-state index is 0.0116. The Balaban J connectivity index is 1.59. The number of β-amino-alcohol motifs (C(OH)–C–C–N with tert-alkyl or cyclic N) is 1. The van der Waals surface area contributed by atoms with Crippen LogP contribution in [0.25, 0.3) is 0 Å². The largest absolute Gasteiger partial charge is 0.457 e. The van der Waals surface area contributed by atoms with Crippen LogP contribution in [0.2, 0.25) is 0 Å². The molecule has 0 aromatic carbocycles. The Kier molecular flexibility index (Phi) is 13.2. The van der Waals surface area contributed by atoms with Crippen molar-refractivity contribution >= 4 is 18.2 Å². The third-order valence-corrected chi connectivity index (χ3v) is 7.89. The van der Waals surface area contributed by atoms with Crippen LogP contribution in [0.1, 0.15) is 59.3 Å². The number of carbonyl (C=O) groups excluding carboxylic acids is 3. The van der Waals surface area contributed by atoms with Crippen molar-refractivity contribution in [2.24, 2.45) is 11.8 Å². The van der Waals surface area contributed by atoms with Crippen LogP contribution in [-0.4, -0.2) is 109 Å². The quantitative estimate of drug-likeness (QED) is 0.218. The van der Waals surface area contributed by atoms with Crippen LogP contribution in [0.4, 0.5) is 9.59 Å². The fourth-order valence-electron chi connectivity index (χ4n) is 5.14. The molecule has 0 aliphatic carbocycles. The average molecular weight is 576 g/mol. The Morgan fingerprint density at radius 1 is 1.07 bits per heavy atom. The predicted octanol–water partition coefficient (Wildman–Crippen LogP) is 4.15. The molecule has 0 spiro atoms. The smallest absolute Gasteiger partial charge is 0.410 e. The second kappa shape index (κ2) is 16.6.